The third-order valence-corrected chi connectivity index (χ3v) is 12.3. The molecule has 7 aromatic rings. The van der Waals surface area contributed by atoms with Crippen molar-refractivity contribution in [1.82, 2.24) is 0 Å². The summed E-state index contributed by atoms with van der Waals surface area (Å²) in [7, 11) is 1.55. The lowest BCUT2D eigenvalue weighted by Crippen LogP contribution is -2.48. The fourth-order valence-corrected chi connectivity index (χ4v) is 9.97. The van der Waals surface area contributed by atoms with Gasteiger partial charge in [0, 0.05) is 61.8 Å². The summed E-state index contributed by atoms with van der Waals surface area (Å²) in [5.74, 6) is -15.3. The van der Waals surface area contributed by atoms with Gasteiger partial charge in [-0.05, 0) is 72.3 Å². The summed E-state index contributed by atoms with van der Waals surface area (Å²) in [5.41, 5.74) is -0.739. The van der Waals surface area contributed by atoms with E-state index in [1.807, 2.05) is 48.5 Å². The molecule has 1 aliphatic rings. The molecule has 0 unspecified atom stereocenters. The maximum atomic E-state index is 16.0. The SMILES string of the molecule is COc1ccc(-c2ccc3c(C4=C(c5c(C)sc6cc(-c7cc8ccccc8s7)ccc56)C(F)(F)C(F)(F)C4(F)F)c(C)sc3c2)cc1. The summed E-state index contributed by atoms with van der Waals surface area (Å²) in [4.78, 5) is 1.46. The molecular formula is C38H24F6OS3. The van der Waals surface area contributed by atoms with Gasteiger partial charge < -0.3 is 4.74 Å². The zero-order valence-electron chi connectivity index (χ0n) is 25.6. The second kappa shape index (κ2) is 10.7. The number of alkyl halides is 6. The first-order valence-electron chi connectivity index (χ1n) is 14.9. The Morgan fingerprint density at radius 1 is 0.542 bits per heavy atom. The molecule has 0 fully saturated rings. The number of thiophene rings is 3. The highest BCUT2D eigenvalue weighted by molar-refractivity contribution is 7.22. The molecule has 3 heterocycles. The predicted octanol–water partition coefficient (Wildman–Crippen LogP) is 13.1. The molecule has 0 bridgehead atoms. The molecule has 3 aromatic heterocycles. The van der Waals surface area contributed by atoms with E-state index < -0.39 is 28.9 Å². The molecule has 4 aromatic carbocycles. The van der Waals surface area contributed by atoms with Crippen LogP contribution < -0.4 is 4.74 Å². The van der Waals surface area contributed by atoms with Crippen LogP contribution in [0, 0.1) is 13.8 Å². The van der Waals surface area contributed by atoms with Crippen LogP contribution in [0.2, 0.25) is 0 Å². The minimum atomic E-state index is -5.65. The Balaban J connectivity index is 1.34. The Labute approximate surface area is 283 Å². The van der Waals surface area contributed by atoms with Gasteiger partial charge in [-0.2, -0.15) is 26.3 Å². The maximum Gasteiger partial charge on any atom is 0.380 e. The van der Waals surface area contributed by atoms with Gasteiger partial charge in [0.2, 0.25) is 0 Å². The second-order valence-corrected chi connectivity index (χ2v) is 15.4. The first kappa shape index (κ1) is 31.2. The average Bonchev–Trinajstić information content (AvgIpc) is 3.76. The number of benzene rings is 4. The van der Waals surface area contributed by atoms with E-state index in [1.54, 1.807) is 60.9 Å². The topological polar surface area (TPSA) is 9.23 Å². The van der Waals surface area contributed by atoms with E-state index in [-0.39, 0.29) is 31.7 Å². The Bertz CT molecular complexity index is 2410. The zero-order chi connectivity index (χ0) is 33.7. The van der Waals surface area contributed by atoms with Crippen LogP contribution in [0.25, 0.3) is 63.0 Å². The van der Waals surface area contributed by atoms with Crippen LogP contribution in [0.4, 0.5) is 26.3 Å². The Kier molecular flexibility index (Phi) is 6.94. The molecule has 0 saturated heterocycles. The lowest BCUT2D eigenvalue weighted by molar-refractivity contribution is -0.254. The van der Waals surface area contributed by atoms with Gasteiger partial charge in [-0.15, -0.1) is 34.0 Å². The standard InChI is InChI=1S/C38H24F6OS3/c1-19-32(26-14-10-22(16-30(26)46-19)21-8-12-25(45-3)13-9-21)34-35(37(41,42)38(43,44)36(34,39)40)33-20(2)47-31-18-24(11-15-27(31)33)29-17-23-6-4-5-7-28(23)48-29/h4-18H,1-3H3. The Morgan fingerprint density at radius 2 is 1.06 bits per heavy atom. The summed E-state index contributed by atoms with van der Waals surface area (Å²) in [5, 5.41) is 1.52. The van der Waals surface area contributed by atoms with Crippen molar-refractivity contribution in [2.75, 3.05) is 7.11 Å². The van der Waals surface area contributed by atoms with Gasteiger partial charge in [0.25, 0.3) is 0 Å². The van der Waals surface area contributed by atoms with Crippen LogP contribution >= 0.6 is 34.0 Å². The van der Waals surface area contributed by atoms with Crippen LogP contribution in [0.15, 0.2) is 91.0 Å². The molecule has 1 aliphatic carbocycles. The van der Waals surface area contributed by atoms with Crippen molar-refractivity contribution in [3.05, 3.63) is 112 Å². The molecular weight excluding hydrogens is 683 g/mol. The first-order valence-corrected chi connectivity index (χ1v) is 17.4. The van der Waals surface area contributed by atoms with Crippen LogP contribution in [0.3, 0.4) is 0 Å². The minimum Gasteiger partial charge on any atom is -0.497 e. The van der Waals surface area contributed by atoms with E-state index in [1.165, 1.54) is 13.8 Å². The highest BCUT2D eigenvalue weighted by Gasteiger charge is 2.80. The predicted molar refractivity (Wildman–Crippen MR) is 188 cm³/mol. The molecule has 0 saturated carbocycles. The lowest BCUT2D eigenvalue weighted by Gasteiger charge is -2.26. The second-order valence-electron chi connectivity index (χ2n) is 11.8. The van der Waals surface area contributed by atoms with Crippen molar-refractivity contribution in [2.45, 2.75) is 31.6 Å². The molecule has 0 radical (unpaired) electrons. The quantitative estimate of drug-likeness (QED) is 0.162. The van der Waals surface area contributed by atoms with Crippen molar-refractivity contribution in [3.8, 4) is 27.3 Å². The third-order valence-electron chi connectivity index (χ3n) is 9.03. The number of aryl methyl sites for hydroxylation is 2. The van der Waals surface area contributed by atoms with Crippen molar-refractivity contribution in [3.63, 3.8) is 0 Å². The lowest BCUT2D eigenvalue weighted by atomic mass is 9.91. The van der Waals surface area contributed by atoms with Gasteiger partial charge in [-0.3, -0.25) is 0 Å². The van der Waals surface area contributed by atoms with Crippen molar-refractivity contribution < 1.29 is 31.1 Å². The highest BCUT2D eigenvalue weighted by Crippen LogP contribution is 2.67. The molecule has 0 aliphatic heterocycles. The summed E-state index contributed by atoms with van der Waals surface area (Å²) in [6, 6.07) is 27.3. The maximum absolute atomic E-state index is 16.0. The molecule has 8 rings (SSSR count). The van der Waals surface area contributed by atoms with Crippen LogP contribution in [-0.4, -0.2) is 24.9 Å². The smallest absolute Gasteiger partial charge is 0.380 e. The van der Waals surface area contributed by atoms with Crippen LogP contribution in [0.5, 0.6) is 5.75 Å². The summed E-state index contributed by atoms with van der Waals surface area (Å²) in [6.45, 7) is 3.03. The number of fused-ring (bicyclic) bond motifs is 3. The van der Waals surface area contributed by atoms with E-state index in [0.29, 0.717) is 15.1 Å². The van der Waals surface area contributed by atoms with Gasteiger partial charge in [-0.1, -0.05) is 54.6 Å². The van der Waals surface area contributed by atoms with E-state index in [4.69, 9.17) is 4.74 Å². The van der Waals surface area contributed by atoms with E-state index in [2.05, 4.69) is 0 Å². The summed E-state index contributed by atoms with van der Waals surface area (Å²) < 4.78 is 102. The van der Waals surface area contributed by atoms with Gasteiger partial charge >= 0.3 is 17.8 Å². The van der Waals surface area contributed by atoms with E-state index >= 15 is 26.3 Å². The minimum absolute atomic E-state index is 0.222. The molecule has 0 atom stereocenters. The molecule has 10 heteroatoms. The van der Waals surface area contributed by atoms with E-state index in [9.17, 15) is 0 Å². The van der Waals surface area contributed by atoms with Crippen molar-refractivity contribution in [2.24, 2.45) is 0 Å². The normalized spacial score (nSPS) is 16.9. The number of hydrogen-bond acceptors (Lipinski definition) is 4. The summed E-state index contributed by atoms with van der Waals surface area (Å²) in [6.07, 6.45) is 0. The molecule has 0 N–H and O–H groups in total. The zero-order valence-corrected chi connectivity index (χ0v) is 28.0. The number of halogens is 6. The highest BCUT2D eigenvalue weighted by atomic mass is 32.1. The number of hydrogen-bond donors (Lipinski definition) is 0. The molecule has 0 amide bonds. The number of allylic oxidation sites excluding steroid dienone is 2. The van der Waals surface area contributed by atoms with Gasteiger partial charge in [0.1, 0.15) is 5.75 Å². The molecule has 1 nitrogen and oxygen atoms in total. The molecule has 242 valence electrons. The fourth-order valence-electron chi connectivity index (χ4n) is 6.69. The average molecular weight is 707 g/mol. The van der Waals surface area contributed by atoms with Crippen molar-refractivity contribution >= 4 is 75.4 Å². The van der Waals surface area contributed by atoms with Crippen LogP contribution in [-0.2, 0) is 0 Å². The number of methoxy groups -OCH3 is 1. The van der Waals surface area contributed by atoms with E-state index in [0.717, 1.165) is 54.3 Å². The van der Waals surface area contributed by atoms with Gasteiger partial charge in [-0.25, -0.2) is 0 Å². The third kappa shape index (κ3) is 4.35. The number of ether oxygens (including phenoxy) is 1. The first-order chi connectivity index (χ1) is 22.8. The summed E-state index contributed by atoms with van der Waals surface area (Å²) >= 11 is 3.82. The number of rotatable bonds is 5. The van der Waals surface area contributed by atoms with Gasteiger partial charge in [0.05, 0.1) is 7.11 Å². The molecule has 48 heavy (non-hydrogen) atoms. The fraction of sp³-hybridized carbons (Fsp3) is 0.158. The van der Waals surface area contributed by atoms with Crippen LogP contribution in [0.1, 0.15) is 20.9 Å². The molecule has 0 spiro atoms. The Hall–Kier alpha value is -4.12. The largest absolute Gasteiger partial charge is 0.497 e. The van der Waals surface area contributed by atoms with Crippen molar-refractivity contribution in [1.29, 1.82) is 0 Å². The van der Waals surface area contributed by atoms with Gasteiger partial charge in [0.15, 0.2) is 0 Å². The monoisotopic (exact) mass is 706 g/mol. The Morgan fingerprint density at radius 3 is 1.62 bits per heavy atom.